The van der Waals surface area contributed by atoms with Gasteiger partial charge in [0.25, 0.3) is 11.8 Å². The summed E-state index contributed by atoms with van der Waals surface area (Å²) in [6.07, 6.45) is 4.77. The van der Waals surface area contributed by atoms with E-state index in [1.807, 2.05) is 30.3 Å². The first-order valence-electron chi connectivity index (χ1n) is 16.5. The number of hydrogen-bond donors (Lipinski definition) is 4. The van der Waals surface area contributed by atoms with Crippen molar-refractivity contribution in [1.82, 2.24) is 30.8 Å². The molecule has 48 heavy (non-hydrogen) atoms. The summed E-state index contributed by atoms with van der Waals surface area (Å²) < 4.78 is 0. The van der Waals surface area contributed by atoms with E-state index in [0.29, 0.717) is 61.8 Å². The minimum atomic E-state index is -0.601. The zero-order valence-corrected chi connectivity index (χ0v) is 30.4. The number of halogens is 1. The monoisotopic (exact) mass is 717 g/mol. The molecule has 0 saturated carbocycles. The summed E-state index contributed by atoms with van der Waals surface area (Å²) in [4.78, 5) is 64.0. The van der Waals surface area contributed by atoms with Gasteiger partial charge >= 0.3 is 0 Å². The number of amides is 4. The Kier molecular flexibility index (Phi) is 15.9. The van der Waals surface area contributed by atoms with Crippen molar-refractivity contribution >= 4 is 58.7 Å². The van der Waals surface area contributed by atoms with E-state index in [2.05, 4.69) is 46.7 Å². The quantitative estimate of drug-likeness (QED) is 0.249. The molecule has 1 aliphatic heterocycles. The number of hydrogen-bond acceptors (Lipinski definition) is 9. The average Bonchev–Trinajstić information content (AvgIpc) is 3.75. The Morgan fingerprint density at radius 1 is 0.958 bits per heavy atom. The number of benzene rings is 1. The van der Waals surface area contributed by atoms with Gasteiger partial charge in [-0.3, -0.25) is 19.2 Å². The molecule has 5 N–H and O–H groups in total. The predicted octanol–water partition coefficient (Wildman–Crippen LogP) is 5.20. The number of aromatic nitrogens is 2. The maximum absolute atomic E-state index is 13.5. The van der Waals surface area contributed by atoms with Gasteiger partial charge in [0.2, 0.25) is 11.8 Å². The molecular weight excluding hydrogens is 670 g/mol. The van der Waals surface area contributed by atoms with Crippen LogP contribution in [0.2, 0.25) is 0 Å². The van der Waals surface area contributed by atoms with Gasteiger partial charge in [0.1, 0.15) is 21.4 Å². The number of carbonyl (C=O) groups is 4. The van der Waals surface area contributed by atoms with Crippen molar-refractivity contribution in [2.24, 2.45) is 11.7 Å². The lowest BCUT2D eigenvalue weighted by Gasteiger charge is -2.26. The maximum atomic E-state index is 13.5. The summed E-state index contributed by atoms with van der Waals surface area (Å²) >= 11 is 2.66. The fourth-order valence-corrected chi connectivity index (χ4v) is 7.16. The second-order valence-electron chi connectivity index (χ2n) is 12.4. The number of unbranched alkanes of at least 4 members (excludes halogenated alkanes) is 1. The first-order valence-corrected chi connectivity index (χ1v) is 18.3. The van der Waals surface area contributed by atoms with Gasteiger partial charge in [-0.25, -0.2) is 9.97 Å². The Morgan fingerprint density at radius 2 is 1.60 bits per heavy atom. The second kappa shape index (κ2) is 19.6. The van der Waals surface area contributed by atoms with Crippen molar-refractivity contribution in [3.63, 3.8) is 0 Å². The maximum Gasteiger partial charge on any atom is 0.271 e. The van der Waals surface area contributed by atoms with Crippen LogP contribution in [0.1, 0.15) is 114 Å². The van der Waals surface area contributed by atoms with Crippen LogP contribution in [0.15, 0.2) is 41.1 Å². The summed E-state index contributed by atoms with van der Waals surface area (Å²) in [7, 11) is 0. The lowest BCUT2D eigenvalue weighted by molar-refractivity contribution is -0.133. The molecule has 262 valence electrons. The van der Waals surface area contributed by atoms with Gasteiger partial charge in [0, 0.05) is 36.8 Å². The lowest BCUT2D eigenvalue weighted by atomic mass is 10.0. The molecule has 3 atom stereocenters. The summed E-state index contributed by atoms with van der Waals surface area (Å²) in [5, 5.41) is 13.8. The summed E-state index contributed by atoms with van der Waals surface area (Å²) in [6, 6.07) is 8.35. The molecule has 0 spiro atoms. The largest absolute Gasteiger partial charge is 0.351 e. The van der Waals surface area contributed by atoms with Crippen LogP contribution in [-0.2, 0) is 16.0 Å². The van der Waals surface area contributed by atoms with Crippen LogP contribution in [0.25, 0.3) is 0 Å². The highest BCUT2D eigenvalue weighted by molar-refractivity contribution is 7.10. The van der Waals surface area contributed by atoms with E-state index < -0.39 is 12.1 Å². The predicted molar refractivity (Wildman–Crippen MR) is 192 cm³/mol. The fraction of sp³-hybridized carbons (Fsp3) is 0.529. The number of nitrogens with zero attached hydrogens (tertiary/aromatic N) is 3. The molecule has 2 aromatic heterocycles. The van der Waals surface area contributed by atoms with Gasteiger partial charge in [-0.1, -0.05) is 63.9 Å². The molecule has 4 rings (SSSR count). The molecule has 3 heterocycles. The van der Waals surface area contributed by atoms with E-state index in [0.717, 1.165) is 18.4 Å². The minimum absolute atomic E-state index is 0. The molecular formula is C34H48ClN7O4S2. The van der Waals surface area contributed by atoms with Gasteiger partial charge in [-0.15, -0.1) is 35.1 Å². The molecule has 3 aromatic rings. The smallest absolute Gasteiger partial charge is 0.271 e. The van der Waals surface area contributed by atoms with E-state index in [1.54, 1.807) is 15.7 Å². The van der Waals surface area contributed by atoms with E-state index in [4.69, 9.17) is 5.73 Å². The van der Waals surface area contributed by atoms with E-state index in [1.165, 1.54) is 22.7 Å². The van der Waals surface area contributed by atoms with Crippen LogP contribution in [0.5, 0.6) is 0 Å². The van der Waals surface area contributed by atoms with Crippen LogP contribution < -0.4 is 21.7 Å². The Morgan fingerprint density at radius 3 is 2.27 bits per heavy atom. The molecule has 11 nitrogen and oxygen atoms in total. The van der Waals surface area contributed by atoms with Crippen molar-refractivity contribution < 1.29 is 19.2 Å². The Bertz CT molecular complexity index is 1480. The number of rotatable bonds is 8. The van der Waals surface area contributed by atoms with Gasteiger partial charge in [0.05, 0.1) is 18.1 Å². The summed E-state index contributed by atoms with van der Waals surface area (Å²) in [5.74, 6) is -0.670. The summed E-state index contributed by atoms with van der Waals surface area (Å²) in [5.41, 5.74) is 7.80. The number of nitrogens with one attached hydrogen (secondary N) is 3. The average molecular weight is 718 g/mol. The molecule has 0 aliphatic carbocycles. The van der Waals surface area contributed by atoms with Crippen LogP contribution in [0.3, 0.4) is 0 Å². The van der Waals surface area contributed by atoms with Gasteiger partial charge < -0.3 is 26.6 Å². The SMILES string of the molecule is CCCC[C@H](N)C(=O)N1CCCNC(=O)c2csc(n2)[C@H](Cc2ccccc2)NC(=O)c2csc(n2)C(CC(C)C)NC(=O)CCC1.Cl. The molecule has 4 bridgehead atoms. The molecule has 14 heteroatoms. The van der Waals surface area contributed by atoms with E-state index in [-0.39, 0.29) is 65.8 Å². The normalized spacial score (nSPS) is 18.9. The van der Waals surface area contributed by atoms with Crippen LogP contribution in [0, 0.1) is 5.92 Å². The van der Waals surface area contributed by atoms with Gasteiger partial charge in [-0.2, -0.15) is 0 Å². The number of carbonyl (C=O) groups excluding carboxylic acids is 4. The Labute approximate surface area is 297 Å². The highest BCUT2D eigenvalue weighted by atomic mass is 35.5. The van der Waals surface area contributed by atoms with Gasteiger partial charge in [0.15, 0.2) is 0 Å². The third-order valence-corrected chi connectivity index (χ3v) is 9.87. The molecule has 4 amide bonds. The fourth-order valence-electron chi connectivity index (χ4n) is 5.45. The third kappa shape index (κ3) is 11.6. The molecule has 1 aromatic carbocycles. The Balaban J connectivity index is 0.00000625. The first kappa shape index (κ1) is 39.1. The summed E-state index contributed by atoms with van der Waals surface area (Å²) in [6.45, 7) is 7.35. The number of thiazole rings is 2. The van der Waals surface area contributed by atoms with E-state index in [9.17, 15) is 19.2 Å². The number of nitrogens with two attached hydrogens (primary N) is 1. The van der Waals surface area contributed by atoms with Crippen molar-refractivity contribution in [3.8, 4) is 0 Å². The van der Waals surface area contributed by atoms with E-state index >= 15 is 0 Å². The van der Waals surface area contributed by atoms with Crippen molar-refractivity contribution in [3.05, 3.63) is 68.1 Å². The lowest BCUT2D eigenvalue weighted by Crippen LogP contribution is -2.45. The molecule has 0 fully saturated rings. The molecule has 1 aliphatic rings. The first-order chi connectivity index (χ1) is 22.6. The van der Waals surface area contributed by atoms with Crippen molar-refractivity contribution in [2.45, 2.75) is 90.3 Å². The molecule has 1 unspecified atom stereocenters. The standard InChI is InChI=1S/C34H47N7O4S2.ClH/c1-4-5-13-24(35)34(45)41-16-9-14-29(42)37-25(18-22(2)3)32-40-28(21-47-32)31(44)38-26(19-23-11-7-6-8-12-23)33-39-27(20-46-33)30(43)36-15-10-17-41;/h6-8,11-12,20-22,24-26H,4-5,9-10,13-19,35H2,1-3H3,(H,36,43)(H,37,42)(H,38,44);1H/t24-,25?,26-;/m0./s1. The minimum Gasteiger partial charge on any atom is -0.351 e. The zero-order valence-electron chi connectivity index (χ0n) is 27.9. The van der Waals surface area contributed by atoms with Crippen molar-refractivity contribution in [1.29, 1.82) is 0 Å². The van der Waals surface area contributed by atoms with Crippen LogP contribution in [-0.4, -0.2) is 64.2 Å². The highest BCUT2D eigenvalue weighted by Gasteiger charge is 2.26. The van der Waals surface area contributed by atoms with Crippen LogP contribution >= 0.6 is 35.1 Å². The third-order valence-electron chi connectivity index (χ3n) is 7.96. The second-order valence-corrected chi connectivity index (χ2v) is 14.2. The molecule has 0 saturated heterocycles. The topological polar surface area (TPSA) is 159 Å². The Hall–Kier alpha value is -3.39. The highest BCUT2D eigenvalue weighted by Crippen LogP contribution is 2.27. The van der Waals surface area contributed by atoms with Gasteiger partial charge in [-0.05, 0) is 43.6 Å². The van der Waals surface area contributed by atoms with Crippen LogP contribution in [0.4, 0.5) is 0 Å². The zero-order chi connectivity index (χ0) is 33.8. The van der Waals surface area contributed by atoms with Crippen molar-refractivity contribution in [2.75, 3.05) is 19.6 Å². The molecule has 0 radical (unpaired) electrons. The number of fused-ring (bicyclic) bond motifs is 4.